The van der Waals surface area contributed by atoms with Crippen molar-refractivity contribution in [1.29, 1.82) is 0 Å². The Morgan fingerprint density at radius 1 is 1.58 bits per heavy atom. The van der Waals surface area contributed by atoms with E-state index in [1.54, 1.807) is 0 Å². The van der Waals surface area contributed by atoms with Crippen LogP contribution in [0.3, 0.4) is 0 Å². The van der Waals surface area contributed by atoms with Gasteiger partial charge in [0.15, 0.2) is 5.78 Å². The Bertz CT molecular complexity index is 299. The lowest BCUT2D eigenvalue weighted by Gasteiger charge is -2.12. The molecule has 64 valence electrons. The minimum Gasteiger partial charge on any atom is -0.292 e. The summed E-state index contributed by atoms with van der Waals surface area (Å²) in [6, 6.07) is 0. The monoisotopic (exact) mass is 186 g/mol. The number of rotatable bonds is 2. The van der Waals surface area contributed by atoms with Gasteiger partial charge in [0.05, 0.1) is 6.20 Å². The SMILES string of the molecule is CC(C)(Cl)C(=O)C1=CN=NC1=O. The molecule has 0 aromatic carbocycles. The fourth-order valence-electron chi connectivity index (χ4n) is 0.724. The lowest BCUT2D eigenvalue weighted by Crippen LogP contribution is -2.28. The first-order valence-electron chi connectivity index (χ1n) is 3.32. The Balaban J connectivity index is 2.88. The molecule has 0 aromatic heterocycles. The lowest BCUT2D eigenvalue weighted by atomic mass is 10.0. The van der Waals surface area contributed by atoms with Crippen molar-refractivity contribution in [1.82, 2.24) is 0 Å². The molecule has 1 heterocycles. The molecule has 0 saturated heterocycles. The molecule has 0 aliphatic carbocycles. The Morgan fingerprint density at radius 3 is 2.50 bits per heavy atom. The normalized spacial score (nSPS) is 16.6. The van der Waals surface area contributed by atoms with Gasteiger partial charge in [-0.1, -0.05) is 0 Å². The molecule has 0 aromatic rings. The van der Waals surface area contributed by atoms with Crippen LogP contribution in [0.15, 0.2) is 22.0 Å². The second-order valence-electron chi connectivity index (χ2n) is 2.86. The summed E-state index contributed by atoms with van der Waals surface area (Å²) in [6.45, 7) is 3.03. The summed E-state index contributed by atoms with van der Waals surface area (Å²) >= 11 is 5.70. The first-order valence-corrected chi connectivity index (χ1v) is 3.70. The number of azo groups is 1. The molecule has 1 aliphatic heterocycles. The number of amides is 1. The van der Waals surface area contributed by atoms with E-state index in [4.69, 9.17) is 11.6 Å². The van der Waals surface area contributed by atoms with Gasteiger partial charge in [0.1, 0.15) is 10.4 Å². The van der Waals surface area contributed by atoms with Crippen LogP contribution >= 0.6 is 11.6 Å². The van der Waals surface area contributed by atoms with Gasteiger partial charge in [-0.15, -0.1) is 16.7 Å². The van der Waals surface area contributed by atoms with Gasteiger partial charge < -0.3 is 0 Å². The zero-order valence-corrected chi connectivity index (χ0v) is 7.42. The highest BCUT2D eigenvalue weighted by atomic mass is 35.5. The molecule has 4 nitrogen and oxygen atoms in total. The molecule has 0 atom stereocenters. The van der Waals surface area contributed by atoms with Crippen molar-refractivity contribution < 1.29 is 9.59 Å². The fourth-order valence-corrected chi connectivity index (χ4v) is 0.826. The first kappa shape index (κ1) is 9.06. The zero-order chi connectivity index (χ0) is 9.35. The highest BCUT2D eigenvalue weighted by molar-refractivity contribution is 6.41. The maximum absolute atomic E-state index is 11.3. The summed E-state index contributed by atoms with van der Waals surface area (Å²) < 4.78 is 0. The van der Waals surface area contributed by atoms with Crippen LogP contribution in [0.5, 0.6) is 0 Å². The molecule has 1 amide bonds. The summed E-state index contributed by atoms with van der Waals surface area (Å²) in [6.07, 6.45) is 1.13. The van der Waals surface area contributed by atoms with Crippen molar-refractivity contribution in [2.45, 2.75) is 18.7 Å². The largest absolute Gasteiger partial charge is 0.300 e. The maximum atomic E-state index is 11.3. The van der Waals surface area contributed by atoms with E-state index in [-0.39, 0.29) is 5.57 Å². The molecule has 0 spiro atoms. The predicted molar refractivity (Wildman–Crippen MR) is 42.9 cm³/mol. The van der Waals surface area contributed by atoms with Crippen molar-refractivity contribution >= 4 is 23.3 Å². The minimum absolute atomic E-state index is 0.0463. The Labute approximate surface area is 74.3 Å². The van der Waals surface area contributed by atoms with Gasteiger partial charge in [0.25, 0.3) is 0 Å². The van der Waals surface area contributed by atoms with Gasteiger partial charge in [-0.2, -0.15) is 5.11 Å². The molecule has 0 unspecified atom stereocenters. The third-order valence-corrected chi connectivity index (χ3v) is 1.52. The number of hydrogen-bond acceptors (Lipinski definition) is 3. The third-order valence-electron chi connectivity index (χ3n) is 1.35. The molecule has 0 N–H and O–H groups in total. The van der Waals surface area contributed by atoms with Gasteiger partial charge in [0, 0.05) is 0 Å². The van der Waals surface area contributed by atoms with Gasteiger partial charge >= 0.3 is 5.91 Å². The van der Waals surface area contributed by atoms with Gasteiger partial charge in [0.2, 0.25) is 0 Å². The quantitative estimate of drug-likeness (QED) is 0.484. The van der Waals surface area contributed by atoms with Crippen molar-refractivity contribution in [3.05, 3.63) is 11.8 Å². The molecule has 0 fully saturated rings. The van der Waals surface area contributed by atoms with Crippen molar-refractivity contribution in [3.63, 3.8) is 0 Å². The highest BCUT2D eigenvalue weighted by Gasteiger charge is 2.32. The topological polar surface area (TPSA) is 58.9 Å². The van der Waals surface area contributed by atoms with Crippen LogP contribution < -0.4 is 0 Å². The second-order valence-corrected chi connectivity index (χ2v) is 3.81. The van der Waals surface area contributed by atoms with Gasteiger partial charge in [-0.25, -0.2) is 0 Å². The average molecular weight is 187 g/mol. The van der Waals surface area contributed by atoms with E-state index in [9.17, 15) is 9.59 Å². The predicted octanol–water partition coefficient (Wildman–Crippen LogP) is 1.45. The number of alkyl halides is 1. The zero-order valence-electron chi connectivity index (χ0n) is 6.67. The number of carbonyl (C=O) groups excluding carboxylic acids is 2. The van der Waals surface area contributed by atoms with E-state index >= 15 is 0 Å². The van der Waals surface area contributed by atoms with Crippen molar-refractivity contribution in [2.75, 3.05) is 0 Å². The van der Waals surface area contributed by atoms with Crippen LogP contribution in [-0.4, -0.2) is 16.6 Å². The standard InChI is InChI=1S/C7H7ClN2O2/c1-7(2,8)5(11)4-3-9-10-6(4)12/h3H,1-2H3. The van der Waals surface area contributed by atoms with E-state index in [1.807, 2.05) is 0 Å². The smallest absolute Gasteiger partial charge is 0.292 e. The highest BCUT2D eigenvalue weighted by Crippen LogP contribution is 2.21. The summed E-state index contributed by atoms with van der Waals surface area (Å²) in [5.74, 6) is -1.06. The van der Waals surface area contributed by atoms with Crippen LogP contribution in [0, 0.1) is 0 Å². The second kappa shape index (κ2) is 2.79. The average Bonchev–Trinajstić information content (AvgIpc) is 2.31. The van der Waals surface area contributed by atoms with E-state index in [1.165, 1.54) is 13.8 Å². The number of hydrogen-bond donors (Lipinski definition) is 0. The van der Waals surface area contributed by atoms with Crippen molar-refractivity contribution in [2.24, 2.45) is 10.2 Å². The molecule has 5 heteroatoms. The third kappa shape index (κ3) is 1.58. The maximum Gasteiger partial charge on any atom is 0.300 e. The minimum atomic E-state index is -1.07. The molecule has 0 radical (unpaired) electrons. The van der Waals surface area contributed by atoms with Crippen molar-refractivity contribution in [3.8, 4) is 0 Å². The molecule has 1 aliphatic rings. The van der Waals surface area contributed by atoms with Gasteiger partial charge in [-0.3, -0.25) is 9.59 Å². The number of Topliss-reactive ketones (excluding diaryl/α,β-unsaturated/α-hetero) is 1. The number of nitrogens with zero attached hydrogens (tertiary/aromatic N) is 2. The Morgan fingerprint density at radius 2 is 2.17 bits per heavy atom. The molecular weight excluding hydrogens is 180 g/mol. The number of ketones is 1. The van der Waals surface area contributed by atoms with E-state index in [0.29, 0.717) is 0 Å². The number of halogens is 1. The van der Waals surface area contributed by atoms with Crippen LogP contribution in [0.1, 0.15) is 13.8 Å². The Hall–Kier alpha value is -1.03. The summed E-state index contributed by atoms with van der Waals surface area (Å²) in [5.41, 5.74) is -0.0463. The van der Waals surface area contributed by atoms with E-state index in [0.717, 1.165) is 6.20 Å². The molecule has 1 rings (SSSR count). The van der Waals surface area contributed by atoms with Crippen LogP contribution in [0.4, 0.5) is 0 Å². The molecule has 0 saturated carbocycles. The summed E-state index contributed by atoms with van der Waals surface area (Å²) in [4.78, 5) is 21.1. The van der Waals surface area contributed by atoms with Crippen LogP contribution in [0.25, 0.3) is 0 Å². The summed E-state index contributed by atoms with van der Waals surface area (Å²) in [5, 5.41) is 6.48. The Kier molecular flexibility index (Phi) is 2.10. The molecule has 12 heavy (non-hydrogen) atoms. The fraction of sp³-hybridized carbons (Fsp3) is 0.429. The molecule has 0 bridgehead atoms. The van der Waals surface area contributed by atoms with Crippen LogP contribution in [-0.2, 0) is 9.59 Å². The first-order chi connectivity index (χ1) is 5.43. The number of carbonyl (C=O) groups is 2. The van der Waals surface area contributed by atoms with E-state index < -0.39 is 16.6 Å². The van der Waals surface area contributed by atoms with E-state index in [2.05, 4.69) is 10.2 Å². The lowest BCUT2D eigenvalue weighted by molar-refractivity contribution is -0.121. The van der Waals surface area contributed by atoms with Crippen LogP contribution in [0.2, 0.25) is 0 Å². The summed E-state index contributed by atoms with van der Waals surface area (Å²) in [7, 11) is 0. The molecular formula is C7H7ClN2O2. The van der Waals surface area contributed by atoms with Gasteiger partial charge in [-0.05, 0) is 13.8 Å².